The number of halogens is 3. The summed E-state index contributed by atoms with van der Waals surface area (Å²) in [5.41, 5.74) is 0.170. The molecule has 38 heavy (non-hydrogen) atoms. The average molecular weight is 526 g/mol. The first-order valence-corrected chi connectivity index (χ1v) is 12.5. The molecule has 1 saturated heterocycles. The lowest BCUT2D eigenvalue weighted by molar-refractivity contribution is -0.0178. The number of aromatic nitrogens is 1. The smallest absolute Gasteiger partial charge is 0.255 e. The Kier molecular flexibility index (Phi) is 6.69. The van der Waals surface area contributed by atoms with Gasteiger partial charge < -0.3 is 20.1 Å². The number of benzene rings is 2. The van der Waals surface area contributed by atoms with Crippen LogP contribution in [0.1, 0.15) is 41.0 Å². The summed E-state index contributed by atoms with van der Waals surface area (Å²) >= 11 is 0. The average Bonchev–Trinajstić information content (AvgIpc) is 2.90. The van der Waals surface area contributed by atoms with Crippen LogP contribution in [0.15, 0.2) is 48.7 Å². The number of morpholine rings is 1. The summed E-state index contributed by atoms with van der Waals surface area (Å²) in [5.74, 6) is -0.978. The minimum absolute atomic E-state index is 0.110. The van der Waals surface area contributed by atoms with E-state index in [0.29, 0.717) is 35.7 Å². The van der Waals surface area contributed by atoms with Gasteiger partial charge in [0.05, 0.1) is 31.6 Å². The zero-order valence-corrected chi connectivity index (χ0v) is 21.5. The number of carbonyl (C=O) groups is 1. The lowest BCUT2D eigenvalue weighted by Gasteiger charge is -2.48. The number of rotatable bonds is 5. The highest BCUT2D eigenvalue weighted by Gasteiger charge is 2.49. The first-order valence-electron chi connectivity index (χ1n) is 12.5. The maximum atomic E-state index is 15.6. The Morgan fingerprint density at radius 2 is 2.05 bits per heavy atom. The number of ether oxygens (including phenoxy) is 1. The quantitative estimate of drug-likeness (QED) is 0.484. The lowest BCUT2D eigenvalue weighted by Crippen LogP contribution is -2.62. The van der Waals surface area contributed by atoms with E-state index in [0.717, 1.165) is 5.56 Å². The number of aryl methyl sites for hydroxylation is 1. The molecule has 0 unspecified atom stereocenters. The number of aliphatic hydroxyl groups is 1. The molecule has 0 bridgehead atoms. The molecule has 200 valence electrons. The monoisotopic (exact) mass is 525 g/mol. The molecule has 3 heterocycles. The Balaban J connectivity index is 1.48. The van der Waals surface area contributed by atoms with Gasteiger partial charge in [0.25, 0.3) is 5.91 Å². The Bertz CT molecular complexity index is 1390. The molecule has 2 aliphatic heterocycles. The number of nitrogens with zero attached hydrogens (tertiary/aromatic N) is 2. The fourth-order valence-electron chi connectivity index (χ4n) is 5.21. The highest BCUT2D eigenvalue weighted by atomic mass is 19.1. The SMILES string of the molecule is Cc1ccc(NC(=O)c2ccnc(C(C)(C)F)c2)cc1-c1cc(F)c2c(c1)N1CCOC[C@@H]1[C@@](F)(CO)C2. The molecule has 0 saturated carbocycles. The van der Waals surface area contributed by atoms with E-state index in [-0.39, 0.29) is 29.8 Å². The molecule has 3 aromatic rings. The molecule has 0 radical (unpaired) electrons. The number of aliphatic hydroxyl groups excluding tert-OH is 1. The maximum Gasteiger partial charge on any atom is 0.255 e. The largest absolute Gasteiger partial charge is 0.393 e. The molecule has 0 spiro atoms. The normalized spacial score (nSPS) is 21.0. The van der Waals surface area contributed by atoms with E-state index >= 15 is 8.78 Å². The van der Waals surface area contributed by atoms with Crippen molar-refractivity contribution in [2.75, 3.05) is 36.6 Å². The van der Waals surface area contributed by atoms with Crippen molar-refractivity contribution in [3.8, 4) is 11.1 Å². The Labute approximate surface area is 219 Å². The van der Waals surface area contributed by atoms with E-state index in [2.05, 4.69) is 10.3 Å². The molecule has 9 heteroatoms. The van der Waals surface area contributed by atoms with Crippen molar-refractivity contribution < 1.29 is 27.8 Å². The van der Waals surface area contributed by atoms with Crippen LogP contribution in [-0.2, 0) is 16.8 Å². The van der Waals surface area contributed by atoms with Gasteiger partial charge in [-0.2, -0.15) is 0 Å². The second-order valence-corrected chi connectivity index (χ2v) is 10.5. The number of hydrogen-bond donors (Lipinski definition) is 2. The van der Waals surface area contributed by atoms with E-state index in [1.165, 1.54) is 38.2 Å². The van der Waals surface area contributed by atoms with Crippen LogP contribution in [0.5, 0.6) is 0 Å². The Morgan fingerprint density at radius 3 is 2.79 bits per heavy atom. The third-order valence-corrected chi connectivity index (χ3v) is 7.38. The highest BCUT2D eigenvalue weighted by Crippen LogP contribution is 2.43. The van der Waals surface area contributed by atoms with Crippen LogP contribution in [0.2, 0.25) is 0 Å². The number of alkyl halides is 2. The second-order valence-electron chi connectivity index (χ2n) is 10.5. The van der Waals surface area contributed by atoms with Crippen LogP contribution in [-0.4, -0.2) is 54.1 Å². The molecule has 1 amide bonds. The first kappa shape index (κ1) is 26.2. The van der Waals surface area contributed by atoms with Crippen molar-refractivity contribution in [3.05, 3.63) is 76.9 Å². The maximum absolute atomic E-state index is 15.6. The summed E-state index contributed by atoms with van der Waals surface area (Å²) in [6.07, 6.45) is 1.15. The predicted octanol–water partition coefficient (Wildman–Crippen LogP) is 5.11. The second kappa shape index (κ2) is 9.71. The molecule has 2 atom stereocenters. The number of fused-ring (bicyclic) bond motifs is 3. The molecule has 6 nitrogen and oxygen atoms in total. The molecular weight excluding hydrogens is 495 g/mol. The van der Waals surface area contributed by atoms with Crippen molar-refractivity contribution in [2.45, 2.75) is 44.6 Å². The minimum Gasteiger partial charge on any atom is -0.393 e. The first-order chi connectivity index (χ1) is 18.0. The highest BCUT2D eigenvalue weighted by molar-refractivity contribution is 6.04. The van der Waals surface area contributed by atoms with Gasteiger partial charge in [0.1, 0.15) is 11.5 Å². The zero-order valence-electron chi connectivity index (χ0n) is 21.5. The molecule has 2 N–H and O–H groups in total. The van der Waals surface area contributed by atoms with Gasteiger partial charge in [-0.25, -0.2) is 13.2 Å². The third kappa shape index (κ3) is 4.76. The number of amides is 1. The van der Waals surface area contributed by atoms with Crippen LogP contribution in [0.25, 0.3) is 11.1 Å². The van der Waals surface area contributed by atoms with Crippen LogP contribution >= 0.6 is 0 Å². The van der Waals surface area contributed by atoms with Gasteiger partial charge in [-0.3, -0.25) is 9.78 Å². The molecule has 5 rings (SSSR count). The molecular formula is C29H30F3N3O3. The van der Waals surface area contributed by atoms with E-state index in [4.69, 9.17) is 4.74 Å². The van der Waals surface area contributed by atoms with E-state index in [9.17, 15) is 14.3 Å². The van der Waals surface area contributed by atoms with E-state index < -0.39 is 35.7 Å². The topological polar surface area (TPSA) is 74.7 Å². The summed E-state index contributed by atoms with van der Waals surface area (Å²) in [6, 6.07) is 10.7. The fraction of sp³-hybridized carbons (Fsp3) is 0.379. The van der Waals surface area contributed by atoms with Crippen LogP contribution in [0.3, 0.4) is 0 Å². The van der Waals surface area contributed by atoms with Crippen molar-refractivity contribution >= 4 is 17.3 Å². The van der Waals surface area contributed by atoms with Gasteiger partial charge in [-0.05, 0) is 73.9 Å². The number of nitrogens with one attached hydrogen (secondary N) is 1. The predicted molar refractivity (Wildman–Crippen MR) is 139 cm³/mol. The molecule has 2 aromatic carbocycles. The van der Waals surface area contributed by atoms with Crippen molar-refractivity contribution in [1.82, 2.24) is 4.98 Å². The van der Waals surface area contributed by atoms with E-state index in [1.54, 1.807) is 17.0 Å². The Hall–Kier alpha value is -3.43. The summed E-state index contributed by atoms with van der Waals surface area (Å²) in [4.78, 5) is 18.7. The number of pyridine rings is 1. The standard InChI is InChI=1S/C29H30F3N3O3/c1-17-4-5-20(34-27(37)18-6-7-33-25(12-18)28(2,3)31)13-21(17)19-10-23(30)22-14-29(32,16-36)26-15-38-9-8-35(26)24(22)11-19/h4-7,10-13,26,36H,8-9,14-16H2,1-3H3,(H,34,37)/t26-,29+/m1/s1. The molecule has 1 aromatic heterocycles. The van der Waals surface area contributed by atoms with E-state index in [1.807, 2.05) is 19.1 Å². The van der Waals surface area contributed by atoms with Gasteiger partial charge in [-0.15, -0.1) is 0 Å². The number of hydrogen-bond acceptors (Lipinski definition) is 5. The molecule has 0 aliphatic carbocycles. The number of carbonyl (C=O) groups excluding carboxylic acids is 1. The molecule has 1 fully saturated rings. The van der Waals surface area contributed by atoms with Gasteiger partial charge >= 0.3 is 0 Å². The van der Waals surface area contributed by atoms with Gasteiger partial charge in [0, 0.05) is 41.7 Å². The van der Waals surface area contributed by atoms with Crippen LogP contribution in [0, 0.1) is 12.7 Å². The fourth-order valence-corrected chi connectivity index (χ4v) is 5.21. The lowest BCUT2D eigenvalue weighted by atomic mass is 9.81. The Morgan fingerprint density at radius 1 is 1.26 bits per heavy atom. The van der Waals surface area contributed by atoms with Crippen molar-refractivity contribution in [2.24, 2.45) is 0 Å². The third-order valence-electron chi connectivity index (χ3n) is 7.38. The minimum atomic E-state index is -2.00. The molecule has 2 aliphatic rings. The van der Waals surface area contributed by atoms with Crippen LogP contribution < -0.4 is 10.2 Å². The van der Waals surface area contributed by atoms with Crippen molar-refractivity contribution in [1.29, 1.82) is 0 Å². The number of anilines is 2. The van der Waals surface area contributed by atoms with Crippen molar-refractivity contribution in [3.63, 3.8) is 0 Å². The zero-order chi connectivity index (χ0) is 27.2. The van der Waals surface area contributed by atoms with Gasteiger partial charge in [0.15, 0.2) is 5.67 Å². The van der Waals surface area contributed by atoms with Gasteiger partial charge in [0.2, 0.25) is 0 Å². The summed E-state index contributed by atoms with van der Waals surface area (Å²) in [6.45, 7) is 4.77. The summed E-state index contributed by atoms with van der Waals surface area (Å²) in [5, 5.41) is 12.6. The summed E-state index contributed by atoms with van der Waals surface area (Å²) in [7, 11) is 0. The van der Waals surface area contributed by atoms with Gasteiger partial charge in [-0.1, -0.05) is 6.07 Å². The van der Waals surface area contributed by atoms with Crippen LogP contribution in [0.4, 0.5) is 24.5 Å². The summed E-state index contributed by atoms with van der Waals surface area (Å²) < 4.78 is 50.8.